The zero-order valence-corrected chi connectivity index (χ0v) is 16.7. The van der Waals surface area contributed by atoms with E-state index in [0.717, 1.165) is 16.3 Å². The van der Waals surface area contributed by atoms with Crippen molar-refractivity contribution in [2.45, 2.75) is 36.4 Å². The molecule has 1 aromatic carbocycles. The summed E-state index contributed by atoms with van der Waals surface area (Å²) in [7, 11) is -1.80. The van der Waals surface area contributed by atoms with Crippen molar-refractivity contribution in [2.24, 2.45) is 0 Å². The molecule has 136 valence electrons. The van der Waals surface area contributed by atoms with Crippen LogP contribution in [0.1, 0.15) is 25.0 Å². The van der Waals surface area contributed by atoms with E-state index in [4.69, 9.17) is 4.74 Å². The highest BCUT2D eigenvalue weighted by atomic mass is 32.2. The van der Waals surface area contributed by atoms with Crippen molar-refractivity contribution in [1.82, 2.24) is 9.29 Å². The quantitative estimate of drug-likeness (QED) is 0.653. The molecule has 0 saturated heterocycles. The maximum Gasteiger partial charge on any atom is 0.244 e. The lowest BCUT2D eigenvalue weighted by Gasteiger charge is -2.18. The molecule has 7 heteroatoms. The summed E-state index contributed by atoms with van der Waals surface area (Å²) in [5.41, 5.74) is 2.26. The van der Waals surface area contributed by atoms with Gasteiger partial charge in [0.05, 0.1) is 12.1 Å². The summed E-state index contributed by atoms with van der Waals surface area (Å²) in [6.45, 7) is 6.59. The highest BCUT2D eigenvalue weighted by molar-refractivity contribution is 7.98. The predicted octanol–water partition coefficient (Wildman–Crippen LogP) is 3.72. The number of methoxy groups -OCH3 is 1. The van der Waals surface area contributed by atoms with Crippen LogP contribution in [-0.4, -0.2) is 37.9 Å². The molecule has 0 unspecified atom stereocenters. The molecule has 0 N–H and O–H groups in total. The van der Waals surface area contributed by atoms with E-state index < -0.39 is 10.0 Å². The molecule has 2 rings (SSSR count). The molecule has 0 bridgehead atoms. The van der Waals surface area contributed by atoms with Crippen molar-refractivity contribution in [3.63, 3.8) is 0 Å². The van der Waals surface area contributed by atoms with E-state index in [-0.39, 0.29) is 4.90 Å². The van der Waals surface area contributed by atoms with E-state index in [1.165, 1.54) is 16.1 Å². The Kier molecular flexibility index (Phi) is 6.87. The number of aromatic nitrogens is 1. The smallest absolute Gasteiger partial charge is 0.244 e. The Labute approximate surface area is 154 Å². The van der Waals surface area contributed by atoms with Crippen LogP contribution in [0.15, 0.2) is 46.5 Å². The average Bonchev–Trinajstić information content (AvgIpc) is 2.61. The van der Waals surface area contributed by atoms with Gasteiger partial charge in [-0.15, -0.1) is 11.8 Å². The number of hydrogen-bond donors (Lipinski definition) is 0. The van der Waals surface area contributed by atoms with Crippen LogP contribution in [0.25, 0.3) is 0 Å². The van der Waals surface area contributed by atoms with Gasteiger partial charge in [-0.25, -0.2) is 13.4 Å². The van der Waals surface area contributed by atoms with Gasteiger partial charge >= 0.3 is 0 Å². The minimum absolute atomic E-state index is 0.230. The second-order valence-corrected chi connectivity index (χ2v) is 8.46. The van der Waals surface area contributed by atoms with Gasteiger partial charge in [0.2, 0.25) is 10.0 Å². The van der Waals surface area contributed by atoms with Crippen LogP contribution in [0.4, 0.5) is 0 Å². The Bertz CT molecular complexity index is 802. The second-order valence-electron chi connectivity index (χ2n) is 5.53. The van der Waals surface area contributed by atoms with Crippen LogP contribution in [0.5, 0.6) is 5.75 Å². The third-order valence-corrected chi connectivity index (χ3v) is 6.89. The monoisotopic (exact) mass is 380 g/mol. The van der Waals surface area contributed by atoms with Gasteiger partial charge in [0, 0.05) is 30.6 Å². The largest absolute Gasteiger partial charge is 0.496 e. The first-order valence-electron chi connectivity index (χ1n) is 8.14. The number of aryl methyl sites for hydroxylation is 1. The standard InChI is InChI=1S/C18H24N2O3S2/c1-5-20(6-2)25(21,22)16-8-10-18(19-12-16)24-13-15-11-14(3)7-9-17(15)23-4/h7-12H,5-6,13H2,1-4H3. The highest BCUT2D eigenvalue weighted by Gasteiger charge is 2.21. The van der Waals surface area contributed by atoms with Gasteiger partial charge in [0.15, 0.2) is 0 Å². The first kappa shape index (κ1) is 19.8. The molecule has 1 heterocycles. The number of rotatable bonds is 8. The fraction of sp³-hybridized carbons (Fsp3) is 0.389. The molecule has 0 aliphatic heterocycles. The topological polar surface area (TPSA) is 59.5 Å². The SMILES string of the molecule is CCN(CC)S(=O)(=O)c1ccc(SCc2cc(C)ccc2OC)nc1. The molecule has 0 aliphatic rings. The highest BCUT2D eigenvalue weighted by Crippen LogP contribution is 2.28. The number of pyridine rings is 1. The van der Waals surface area contributed by atoms with Crippen molar-refractivity contribution in [2.75, 3.05) is 20.2 Å². The summed E-state index contributed by atoms with van der Waals surface area (Å²) >= 11 is 1.55. The molecule has 0 fully saturated rings. The Morgan fingerprint density at radius 2 is 1.88 bits per heavy atom. The molecule has 0 atom stereocenters. The van der Waals surface area contributed by atoms with Crippen molar-refractivity contribution in [3.8, 4) is 5.75 Å². The van der Waals surface area contributed by atoms with Gasteiger partial charge in [0.25, 0.3) is 0 Å². The van der Waals surface area contributed by atoms with Crippen molar-refractivity contribution >= 4 is 21.8 Å². The van der Waals surface area contributed by atoms with Crippen LogP contribution in [-0.2, 0) is 15.8 Å². The van der Waals surface area contributed by atoms with Crippen molar-refractivity contribution in [3.05, 3.63) is 47.7 Å². The van der Waals surface area contributed by atoms with Gasteiger partial charge < -0.3 is 4.74 Å². The normalized spacial score (nSPS) is 11.7. The molecule has 2 aromatic rings. The third kappa shape index (κ3) is 4.74. The molecule has 1 aromatic heterocycles. The zero-order valence-electron chi connectivity index (χ0n) is 15.0. The van der Waals surface area contributed by atoms with Gasteiger partial charge in [-0.05, 0) is 25.1 Å². The molecule has 0 amide bonds. The van der Waals surface area contributed by atoms with Crippen molar-refractivity contribution in [1.29, 1.82) is 0 Å². The summed E-state index contributed by atoms with van der Waals surface area (Å²) in [5.74, 6) is 1.55. The average molecular weight is 381 g/mol. The number of hydrogen-bond acceptors (Lipinski definition) is 5. The fourth-order valence-electron chi connectivity index (χ4n) is 2.49. The summed E-state index contributed by atoms with van der Waals surface area (Å²) in [6.07, 6.45) is 1.43. The molecule has 0 aliphatic carbocycles. The lowest BCUT2D eigenvalue weighted by atomic mass is 10.1. The number of thioether (sulfide) groups is 1. The zero-order chi connectivity index (χ0) is 18.4. The molecule has 25 heavy (non-hydrogen) atoms. The number of ether oxygens (including phenoxy) is 1. The van der Waals surface area contributed by atoms with Crippen LogP contribution in [0.2, 0.25) is 0 Å². The van der Waals surface area contributed by atoms with Gasteiger partial charge in [-0.2, -0.15) is 4.31 Å². The number of benzene rings is 1. The minimum Gasteiger partial charge on any atom is -0.496 e. The summed E-state index contributed by atoms with van der Waals surface area (Å²) in [4.78, 5) is 4.54. The first-order chi connectivity index (χ1) is 11.9. The van der Waals surface area contributed by atoms with Crippen LogP contribution in [0, 0.1) is 6.92 Å². The lowest BCUT2D eigenvalue weighted by Crippen LogP contribution is -2.30. The maximum atomic E-state index is 12.5. The summed E-state index contributed by atoms with van der Waals surface area (Å²) in [5, 5.41) is 0.780. The molecule has 5 nitrogen and oxygen atoms in total. The Morgan fingerprint density at radius 3 is 2.44 bits per heavy atom. The van der Waals surface area contributed by atoms with E-state index in [2.05, 4.69) is 11.1 Å². The fourth-order valence-corrected chi connectivity index (χ4v) is 4.71. The van der Waals surface area contributed by atoms with E-state index in [9.17, 15) is 8.42 Å². The predicted molar refractivity (Wildman–Crippen MR) is 102 cm³/mol. The van der Waals surface area contributed by atoms with E-state index in [1.807, 2.05) is 32.9 Å². The molecular weight excluding hydrogens is 356 g/mol. The van der Waals surface area contributed by atoms with E-state index >= 15 is 0 Å². The molecule has 0 saturated carbocycles. The van der Waals surface area contributed by atoms with Crippen molar-refractivity contribution < 1.29 is 13.2 Å². The third-order valence-electron chi connectivity index (χ3n) is 3.86. The van der Waals surface area contributed by atoms with Gasteiger partial charge in [-0.3, -0.25) is 0 Å². The number of sulfonamides is 1. The van der Waals surface area contributed by atoms with Gasteiger partial charge in [-0.1, -0.05) is 31.5 Å². The first-order valence-corrected chi connectivity index (χ1v) is 10.6. The Hall–Kier alpha value is -1.57. The second kappa shape index (κ2) is 8.69. The van der Waals surface area contributed by atoms with Crippen LogP contribution < -0.4 is 4.74 Å². The minimum atomic E-state index is -3.46. The number of nitrogens with zero attached hydrogens (tertiary/aromatic N) is 2. The molecular formula is C18H24N2O3S2. The maximum absolute atomic E-state index is 12.5. The Morgan fingerprint density at radius 1 is 1.16 bits per heavy atom. The summed E-state index contributed by atoms with van der Waals surface area (Å²) in [6, 6.07) is 9.43. The molecule has 0 spiro atoms. The van der Waals surface area contributed by atoms with Crippen LogP contribution >= 0.6 is 11.8 Å². The molecule has 0 radical (unpaired) electrons. The Balaban J connectivity index is 2.12. The summed E-state index contributed by atoms with van der Waals surface area (Å²) < 4.78 is 31.7. The lowest BCUT2D eigenvalue weighted by molar-refractivity contribution is 0.411. The van der Waals surface area contributed by atoms with E-state index in [1.54, 1.807) is 31.0 Å². The van der Waals surface area contributed by atoms with Gasteiger partial charge in [0.1, 0.15) is 10.6 Å². The van der Waals surface area contributed by atoms with Crippen LogP contribution in [0.3, 0.4) is 0 Å². The van der Waals surface area contributed by atoms with E-state index in [0.29, 0.717) is 18.8 Å².